The van der Waals surface area contributed by atoms with Crippen molar-refractivity contribution >= 4 is 17.6 Å². The minimum absolute atomic E-state index is 0.0459. The molecule has 3 aromatic rings. The van der Waals surface area contributed by atoms with Gasteiger partial charge < -0.3 is 14.6 Å². The van der Waals surface area contributed by atoms with Gasteiger partial charge in [0, 0.05) is 0 Å². The van der Waals surface area contributed by atoms with Crippen LogP contribution in [0.4, 0.5) is 13.2 Å². The van der Waals surface area contributed by atoms with Crippen molar-refractivity contribution in [3.63, 3.8) is 0 Å². The van der Waals surface area contributed by atoms with Crippen molar-refractivity contribution < 1.29 is 32.5 Å². The maximum absolute atomic E-state index is 12.7. The van der Waals surface area contributed by atoms with Gasteiger partial charge in [0.15, 0.2) is 5.60 Å². The van der Waals surface area contributed by atoms with E-state index in [1.54, 1.807) is 13.0 Å². The van der Waals surface area contributed by atoms with E-state index in [9.17, 15) is 27.9 Å². The molecule has 0 aliphatic heterocycles. The monoisotopic (exact) mass is 485 g/mol. The molecule has 176 valence electrons. The highest BCUT2D eigenvalue weighted by Crippen LogP contribution is 2.33. The van der Waals surface area contributed by atoms with Crippen molar-refractivity contribution in [1.29, 1.82) is 0 Å². The van der Waals surface area contributed by atoms with Gasteiger partial charge in [-0.1, -0.05) is 17.7 Å². The summed E-state index contributed by atoms with van der Waals surface area (Å²) in [6.07, 6.45) is -3.57. The number of halogens is 4. The van der Waals surface area contributed by atoms with Crippen LogP contribution >= 0.6 is 11.6 Å². The third-order valence-electron chi connectivity index (χ3n) is 4.58. The Bertz CT molecular complexity index is 1210. The number of benzene rings is 2. The number of carboxylic acid groups (broad SMARTS) is 1. The van der Waals surface area contributed by atoms with Crippen LogP contribution in [-0.4, -0.2) is 37.4 Å². The fraction of sp³-hybridized carbons (Fsp3) is 0.286. The summed E-state index contributed by atoms with van der Waals surface area (Å²) in [5.74, 6) is -1.35. The highest BCUT2D eigenvalue weighted by atomic mass is 35.5. The zero-order chi connectivity index (χ0) is 24.6. The second-order valence-electron chi connectivity index (χ2n) is 7.62. The first-order valence-corrected chi connectivity index (χ1v) is 9.87. The lowest BCUT2D eigenvalue weighted by Crippen LogP contribution is -2.38. The van der Waals surface area contributed by atoms with Gasteiger partial charge in [0.1, 0.15) is 17.8 Å². The molecule has 0 radical (unpaired) electrons. The van der Waals surface area contributed by atoms with Gasteiger partial charge in [0.25, 0.3) is 0 Å². The summed E-state index contributed by atoms with van der Waals surface area (Å²) in [6, 6.07) is 8.00. The molecule has 0 spiro atoms. The Hall–Kier alpha value is -3.47. The van der Waals surface area contributed by atoms with Gasteiger partial charge in [0.05, 0.1) is 17.3 Å². The van der Waals surface area contributed by atoms with E-state index in [0.717, 1.165) is 16.8 Å². The lowest BCUT2D eigenvalue weighted by atomic mass is 10.1. The van der Waals surface area contributed by atoms with Crippen LogP contribution in [-0.2, 0) is 11.3 Å². The zero-order valence-electron chi connectivity index (χ0n) is 17.7. The number of alkyl halides is 3. The third-order valence-corrected chi connectivity index (χ3v) is 4.86. The molecule has 0 atom stereocenters. The van der Waals surface area contributed by atoms with Crippen LogP contribution in [0.3, 0.4) is 0 Å². The average molecular weight is 486 g/mol. The molecule has 33 heavy (non-hydrogen) atoms. The summed E-state index contributed by atoms with van der Waals surface area (Å²) in [5, 5.41) is 13.5. The summed E-state index contributed by atoms with van der Waals surface area (Å²) in [6.45, 7) is 4.53. The van der Waals surface area contributed by atoms with Crippen LogP contribution in [0.25, 0.3) is 5.69 Å². The fourth-order valence-electron chi connectivity index (χ4n) is 2.93. The zero-order valence-corrected chi connectivity index (χ0v) is 18.4. The average Bonchev–Trinajstić information content (AvgIpc) is 3.04. The van der Waals surface area contributed by atoms with Gasteiger partial charge in [0.2, 0.25) is 0 Å². The predicted molar refractivity (Wildman–Crippen MR) is 112 cm³/mol. The molecule has 0 saturated heterocycles. The highest BCUT2D eigenvalue weighted by Gasteiger charge is 2.31. The molecular weight excluding hydrogens is 467 g/mol. The van der Waals surface area contributed by atoms with E-state index >= 15 is 0 Å². The Morgan fingerprint density at radius 3 is 2.33 bits per heavy atom. The van der Waals surface area contributed by atoms with E-state index < -0.39 is 29.4 Å². The third kappa shape index (κ3) is 5.67. The van der Waals surface area contributed by atoms with Crippen LogP contribution in [0.2, 0.25) is 5.02 Å². The number of rotatable bonds is 7. The van der Waals surface area contributed by atoms with Gasteiger partial charge in [-0.2, -0.15) is 5.10 Å². The van der Waals surface area contributed by atoms with Crippen molar-refractivity contribution in [1.82, 2.24) is 14.3 Å². The lowest BCUT2D eigenvalue weighted by Gasteiger charge is -2.24. The van der Waals surface area contributed by atoms with E-state index in [1.165, 1.54) is 42.9 Å². The number of aliphatic carboxylic acids is 1. The maximum atomic E-state index is 12.7. The summed E-state index contributed by atoms with van der Waals surface area (Å²) in [4.78, 5) is 24.0. The molecule has 0 unspecified atom stereocenters. The summed E-state index contributed by atoms with van der Waals surface area (Å²) < 4.78 is 48.6. The molecule has 3 rings (SSSR count). The molecule has 8 nitrogen and oxygen atoms in total. The van der Waals surface area contributed by atoms with Crippen LogP contribution in [0.1, 0.15) is 25.0 Å². The molecule has 1 heterocycles. The van der Waals surface area contributed by atoms with Gasteiger partial charge in [-0.3, -0.25) is 0 Å². The molecule has 1 N–H and O–H groups in total. The van der Waals surface area contributed by atoms with E-state index in [0.29, 0.717) is 16.8 Å². The van der Waals surface area contributed by atoms with Crippen molar-refractivity contribution in [2.75, 3.05) is 0 Å². The summed E-state index contributed by atoms with van der Waals surface area (Å²) in [7, 11) is 0. The van der Waals surface area contributed by atoms with Crippen molar-refractivity contribution in [2.24, 2.45) is 0 Å². The molecular formula is C21H19ClF3N3O5. The molecule has 0 bridgehead atoms. The fourth-order valence-corrected chi connectivity index (χ4v) is 3.25. The topological polar surface area (TPSA) is 95.6 Å². The summed E-state index contributed by atoms with van der Waals surface area (Å²) in [5.41, 5.74) is -0.541. The first kappa shape index (κ1) is 24.2. The van der Waals surface area contributed by atoms with E-state index in [2.05, 4.69) is 9.84 Å². The van der Waals surface area contributed by atoms with Gasteiger partial charge in [-0.05, 0) is 62.2 Å². The molecule has 0 amide bonds. The van der Waals surface area contributed by atoms with Gasteiger partial charge >= 0.3 is 18.0 Å². The molecule has 0 saturated carbocycles. The maximum Gasteiger partial charge on any atom is 0.573 e. The number of aryl methyl sites for hydroxylation is 1. The second kappa shape index (κ2) is 8.81. The predicted octanol–water partition coefficient (Wildman–Crippen LogP) is 4.18. The number of hydrogen-bond donors (Lipinski definition) is 1. The number of carboxylic acids is 1. The minimum atomic E-state index is -4.81. The summed E-state index contributed by atoms with van der Waals surface area (Å²) >= 11 is 6.29. The second-order valence-corrected chi connectivity index (χ2v) is 8.03. The smallest absolute Gasteiger partial charge is 0.478 e. The van der Waals surface area contributed by atoms with E-state index in [-0.39, 0.29) is 17.3 Å². The number of nitrogens with zero attached hydrogens (tertiary/aromatic N) is 3. The van der Waals surface area contributed by atoms with Crippen LogP contribution in [0.5, 0.6) is 11.5 Å². The number of hydrogen-bond acceptors (Lipinski definition) is 5. The number of ether oxygens (including phenoxy) is 2. The Morgan fingerprint density at radius 2 is 1.79 bits per heavy atom. The lowest BCUT2D eigenvalue weighted by molar-refractivity contribution is -0.274. The minimum Gasteiger partial charge on any atom is -0.478 e. The number of carbonyl (C=O) groups is 1. The van der Waals surface area contributed by atoms with Crippen molar-refractivity contribution in [3.8, 4) is 17.2 Å². The quantitative estimate of drug-likeness (QED) is 0.539. The normalized spacial score (nSPS) is 12.0. The molecule has 1 aromatic heterocycles. The van der Waals surface area contributed by atoms with E-state index in [4.69, 9.17) is 16.3 Å². The van der Waals surface area contributed by atoms with Crippen molar-refractivity contribution in [2.45, 2.75) is 39.3 Å². The molecule has 12 heteroatoms. The van der Waals surface area contributed by atoms with E-state index in [1.807, 2.05) is 0 Å². The molecule has 0 aliphatic rings. The first-order valence-electron chi connectivity index (χ1n) is 9.49. The largest absolute Gasteiger partial charge is 0.573 e. The Balaban J connectivity index is 1.82. The Labute approximate surface area is 190 Å². The number of aromatic nitrogens is 3. The highest BCUT2D eigenvalue weighted by molar-refractivity contribution is 6.32. The van der Waals surface area contributed by atoms with Crippen molar-refractivity contribution in [3.05, 3.63) is 69.4 Å². The standard InChI is InChI=1S/C21H19ClF3N3O5/c1-12-8-13(9-16(22)17(12)33-20(2,3)18(29)30)10-28-19(31)27(11-26-28)14-4-6-15(7-5-14)32-21(23,24)25/h4-9,11H,10H2,1-3H3,(H,29,30). The van der Waals surface area contributed by atoms with Crippen LogP contribution in [0.15, 0.2) is 47.5 Å². The SMILES string of the molecule is Cc1cc(Cn2ncn(-c3ccc(OC(F)(F)F)cc3)c2=O)cc(Cl)c1OC(C)(C)C(=O)O. The molecule has 0 fully saturated rings. The first-order chi connectivity index (χ1) is 15.3. The molecule has 0 aliphatic carbocycles. The van der Waals surface area contributed by atoms with Crippen LogP contribution < -0.4 is 15.2 Å². The molecule has 2 aromatic carbocycles. The Kier molecular flexibility index (Phi) is 6.46. The van der Waals surface area contributed by atoms with Gasteiger partial charge in [-0.25, -0.2) is 18.8 Å². The van der Waals surface area contributed by atoms with Gasteiger partial charge in [-0.15, -0.1) is 13.2 Å². The Morgan fingerprint density at radius 1 is 1.15 bits per heavy atom. The van der Waals surface area contributed by atoms with Crippen LogP contribution in [0, 0.1) is 6.92 Å².